The van der Waals surface area contributed by atoms with E-state index in [0.717, 1.165) is 37.0 Å². The van der Waals surface area contributed by atoms with Crippen molar-refractivity contribution < 1.29 is 9.84 Å². The number of aliphatic hydroxyl groups excluding tert-OH is 1. The SMILES string of the molecule is C[C@@H](N)c1cccc(OC2CCCCC2O)c1. The van der Waals surface area contributed by atoms with Gasteiger partial charge in [0.15, 0.2) is 0 Å². The predicted molar refractivity (Wildman–Crippen MR) is 67.9 cm³/mol. The molecule has 1 aliphatic carbocycles. The van der Waals surface area contributed by atoms with Crippen molar-refractivity contribution in [3.8, 4) is 5.75 Å². The van der Waals surface area contributed by atoms with Gasteiger partial charge in [-0.25, -0.2) is 0 Å². The minimum Gasteiger partial charge on any atom is -0.488 e. The number of benzene rings is 1. The summed E-state index contributed by atoms with van der Waals surface area (Å²) in [6, 6.07) is 7.84. The molecule has 2 unspecified atom stereocenters. The van der Waals surface area contributed by atoms with Gasteiger partial charge in [-0.05, 0) is 43.9 Å². The molecule has 3 heteroatoms. The highest BCUT2D eigenvalue weighted by atomic mass is 16.5. The second kappa shape index (κ2) is 5.52. The molecule has 17 heavy (non-hydrogen) atoms. The van der Waals surface area contributed by atoms with Gasteiger partial charge in [0.25, 0.3) is 0 Å². The highest BCUT2D eigenvalue weighted by molar-refractivity contribution is 5.30. The highest BCUT2D eigenvalue weighted by Gasteiger charge is 2.24. The van der Waals surface area contributed by atoms with Crippen molar-refractivity contribution in [3.05, 3.63) is 29.8 Å². The summed E-state index contributed by atoms with van der Waals surface area (Å²) in [7, 11) is 0. The zero-order chi connectivity index (χ0) is 12.3. The van der Waals surface area contributed by atoms with Crippen LogP contribution in [0.1, 0.15) is 44.2 Å². The molecule has 1 aromatic rings. The van der Waals surface area contributed by atoms with Gasteiger partial charge in [0, 0.05) is 6.04 Å². The third kappa shape index (κ3) is 3.20. The minimum absolute atomic E-state index is 0.00910. The number of rotatable bonds is 3. The molecule has 0 amide bonds. The van der Waals surface area contributed by atoms with Gasteiger partial charge in [-0.2, -0.15) is 0 Å². The van der Waals surface area contributed by atoms with E-state index in [9.17, 15) is 5.11 Å². The van der Waals surface area contributed by atoms with E-state index >= 15 is 0 Å². The fourth-order valence-electron chi connectivity index (χ4n) is 2.26. The second-order valence-corrected chi connectivity index (χ2v) is 4.87. The average Bonchev–Trinajstić information content (AvgIpc) is 2.32. The monoisotopic (exact) mass is 235 g/mol. The zero-order valence-electron chi connectivity index (χ0n) is 10.3. The topological polar surface area (TPSA) is 55.5 Å². The van der Waals surface area contributed by atoms with Crippen LogP contribution in [0.4, 0.5) is 0 Å². The van der Waals surface area contributed by atoms with E-state index in [1.54, 1.807) is 0 Å². The Morgan fingerprint density at radius 3 is 2.82 bits per heavy atom. The first-order chi connectivity index (χ1) is 8.16. The molecular weight excluding hydrogens is 214 g/mol. The first-order valence-electron chi connectivity index (χ1n) is 6.37. The molecule has 0 aromatic heterocycles. The maximum atomic E-state index is 9.86. The van der Waals surface area contributed by atoms with Crippen molar-refractivity contribution in [2.45, 2.75) is 50.9 Å². The van der Waals surface area contributed by atoms with Gasteiger partial charge in [-0.1, -0.05) is 18.6 Å². The number of hydrogen-bond donors (Lipinski definition) is 2. The summed E-state index contributed by atoms with van der Waals surface area (Å²) in [6.45, 7) is 1.95. The normalized spacial score (nSPS) is 26.5. The summed E-state index contributed by atoms with van der Waals surface area (Å²) in [5, 5.41) is 9.86. The summed E-state index contributed by atoms with van der Waals surface area (Å²) < 4.78 is 5.85. The molecule has 2 rings (SSSR count). The van der Waals surface area contributed by atoms with E-state index in [1.165, 1.54) is 0 Å². The lowest BCUT2D eigenvalue weighted by Crippen LogP contribution is -2.34. The first kappa shape index (κ1) is 12.4. The van der Waals surface area contributed by atoms with Crippen molar-refractivity contribution in [2.75, 3.05) is 0 Å². The Balaban J connectivity index is 2.04. The van der Waals surface area contributed by atoms with Gasteiger partial charge in [-0.15, -0.1) is 0 Å². The Labute approximate surface area is 103 Å². The molecule has 3 N–H and O–H groups in total. The van der Waals surface area contributed by atoms with E-state index in [-0.39, 0.29) is 18.2 Å². The van der Waals surface area contributed by atoms with Crippen LogP contribution in [0.25, 0.3) is 0 Å². The van der Waals surface area contributed by atoms with Crippen LogP contribution in [-0.2, 0) is 0 Å². The van der Waals surface area contributed by atoms with Crippen molar-refractivity contribution in [1.29, 1.82) is 0 Å². The molecule has 3 atom stereocenters. The van der Waals surface area contributed by atoms with E-state index < -0.39 is 0 Å². The lowest BCUT2D eigenvalue weighted by molar-refractivity contribution is 0.00683. The van der Waals surface area contributed by atoms with Crippen LogP contribution < -0.4 is 10.5 Å². The van der Waals surface area contributed by atoms with E-state index in [4.69, 9.17) is 10.5 Å². The predicted octanol–water partition coefficient (Wildman–Crippen LogP) is 2.39. The molecule has 1 aromatic carbocycles. The van der Waals surface area contributed by atoms with Crippen LogP contribution >= 0.6 is 0 Å². The average molecular weight is 235 g/mol. The van der Waals surface area contributed by atoms with Crippen LogP contribution in [0.15, 0.2) is 24.3 Å². The van der Waals surface area contributed by atoms with E-state index in [1.807, 2.05) is 31.2 Å². The van der Waals surface area contributed by atoms with Gasteiger partial charge < -0.3 is 15.6 Å². The number of ether oxygens (including phenoxy) is 1. The Hall–Kier alpha value is -1.06. The van der Waals surface area contributed by atoms with Crippen LogP contribution in [0.5, 0.6) is 5.75 Å². The van der Waals surface area contributed by atoms with Gasteiger partial charge in [0.2, 0.25) is 0 Å². The summed E-state index contributed by atoms with van der Waals surface area (Å²) in [5.74, 6) is 0.811. The molecule has 0 heterocycles. The molecule has 0 bridgehead atoms. The molecule has 94 valence electrons. The summed E-state index contributed by atoms with van der Waals surface area (Å²) >= 11 is 0. The summed E-state index contributed by atoms with van der Waals surface area (Å²) in [6.07, 6.45) is 3.62. The van der Waals surface area contributed by atoms with Crippen LogP contribution in [-0.4, -0.2) is 17.3 Å². The summed E-state index contributed by atoms with van der Waals surface area (Å²) in [5.41, 5.74) is 6.90. The fraction of sp³-hybridized carbons (Fsp3) is 0.571. The summed E-state index contributed by atoms with van der Waals surface area (Å²) in [4.78, 5) is 0. The first-order valence-corrected chi connectivity index (χ1v) is 6.37. The van der Waals surface area contributed by atoms with Gasteiger partial charge in [0.05, 0.1) is 6.10 Å². The molecular formula is C14H21NO2. The number of hydrogen-bond acceptors (Lipinski definition) is 3. The van der Waals surface area contributed by atoms with Crippen molar-refractivity contribution in [3.63, 3.8) is 0 Å². The standard InChI is InChI=1S/C14H21NO2/c1-10(15)11-5-4-6-12(9-11)17-14-8-3-2-7-13(14)16/h4-6,9-10,13-14,16H,2-3,7-8,15H2,1H3/t10-,13?,14?/m1/s1. The Kier molecular flexibility index (Phi) is 4.02. The lowest BCUT2D eigenvalue weighted by Gasteiger charge is -2.28. The molecule has 0 aliphatic heterocycles. The van der Waals surface area contributed by atoms with Crippen molar-refractivity contribution in [1.82, 2.24) is 0 Å². The van der Waals surface area contributed by atoms with Crippen LogP contribution in [0.2, 0.25) is 0 Å². The van der Waals surface area contributed by atoms with Crippen molar-refractivity contribution >= 4 is 0 Å². The molecule has 0 spiro atoms. The smallest absolute Gasteiger partial charge is 0.124 e. The van der Waals surface area contributed by atoms with Gasteiger partial charge in [0.1, 0.15) is 11.9 Å². The Morgan fingerprint density at radius 1 is 1.35 bits per heavy atom. The molecule has 1 saturated carbocycles. The van der Waals surface area contributed by atoms with Crippen LogP contribution in [0.3, 0.4) is 0 Å². The molecule has 1 aliphatic rings. The second-order valence-electron chi connectivity index (χ2n) is 4.87. The third-order valence-electron chi connectivity index (χ3n) is 3.34. The third-order valence-corrected chi connectivity index (χ3v) is 3.34. The van der Waals surface area contributed by atoms with Crippen LogP contribution in [0, 0.1) is 0 Å². The lowest BCUT2D eigenvalue weighted by atomic mass is 9.95. The quantitative estimate of drug-likeness (QED) is 0.845. The van der Waals surface area contributed by atoms with E-state index in [2.05, 4.69) is 0 Å². The minimum atomic E-state index is -0.331. The van der Waals surface area contributed by atoms with E-state index in [0.29, 0.717) is 0 Å². The highest BCUT2D eigenvalue weighted by Crippen LogP contribution is 2.25. The number of aliphatic hydroxyl groups is 1. The maximum Gasteiger partial charge on any atom is 0.124 e. The van der Waals surface area contributed by atoms with Gasteiger partial charge in [-0.3, -0.25) is 0 Å². The fourth-order valence-corrected chi connectivity index (χ4v) is 2.26. The maximum absolute atomic E-state index is 9.86. The molecule has 0 radical (unpaired) electrons. The zero-order valence-corrected chi connectivity index (χ0v) is 10.3. The largest absolute Gasteiger partial charge is 0.488 e. The molecule has 1 fully saturated rings. The number of nitrogens with two attached hydrogens (primary N) is 1. The van der Waals surface area contributed by atoms with Crippen molar-refractivity contribution in [2.24, 2.45) is 5.73 Å². The molecule has 0 saturated heterocycles. The Morgan fingerprint density at radius 2 is 2.12 bits per heavy atom. The Bertz CT molecular complexity index is 365. The molecule has 3 nitrogen and oxygen atoms in total. The van der Waals surface area contributed by atoms with Gasteiger partial charge >= 0.3 is 0 Å².